The van der Waals surface area contributed by atoms with Gasteiger partial charge in [0.25, 0.3) is 0 Å². The lowest BCUT2D eigenvalue weighted by atomic mass is 9.73. The molecule has 0 aromatic heterocycles. The highest BCUT2D eigenvalue weighted by Crippen LogP contribution is 2.35. The van der Waals surface area contributed by atoms with E-state index in [1.54, 1.807) is 18.2 Å². The van der Waals surface area contributed by atoms with Crippen LogP contribution in [0, 0.1) is 11.8 Å². The molecule has 0 radical (unpaired) electrons. The minimum absolute atomic E-state index is 0.209. The second-order valence-electron chi connectivity index (χ2n) is 5.28. The van der Waals surface area contributed by atoms with Gasteiger partial charge in [-0.05, 0) is 25.0 Å². The van der Waals surface area contributed by atoms with Crippen LogP contribution in [0.15, 0.2) is 18.2 Å². The molecular weight excluding hydrogens is 290 g/mol. The lowest BCUT2D eigenvalue weighted by Gasteiger charge is -2.31. The van der Waals surface area contributed by atoms with Crippen molar-refractivity contribution in [2.45, 2.75) is 12.8 Å². The molecule has 7 heteroatoms. The summed E-state index contributed by atoms with van der Waals surface area (Å²) in [5, 5.41) is 11.6. The number of nitrogens with one attached hydrogen (secondary N) is 1. The standard InChI is InChI=1S/C15H17NO6/c17-14(10-2-3-11(10)15(18)19)16-5-6-20-9-1-4-12-13(7-9)22-8-21-12/h1,4,7,10-11H,2-3,5-6,8H2,(H,16,17)(H,18,19). The highest BCUT2D eigenvalue weighted by Gasteiger charge is 2.41. The van der Waals surface area contributed by atoms with Gasteiger partial charge in [0.1, 0.15) is 12.4 Å². The first kappa shape index (κ1) is 14.5. The van der Waals surface area contributed by atoms with Crippen LogP contribution < -0.4 is 19.5 Å². The second-order valence-corrected chi connectivity index (χ2v) is 5.28. The van der Waals surface area contributed by atoms with Gasteiger partial charge in [-0.1, -0.05) is 0 Å². The fourth-order valence-electron chi connectivity index (χ4n) is 2.55. The summed E-state index contributed by atoms with van der Waals surface area (Å²) in [4.78, 5) is 22.7. The summed E-state index contributed by atoms with van der Waals surface area (Å²) in [7, 11) is 0. The van der Waals surface area contributed by atoms with Crippen molar-refractivity contribution in [3.8, 4) is 17.2 Å². The largest absolute Gasteiger partial charge is 0.492 e. The van der Waals surface area contributed by atoms with Gasteiger partial charge in [-0.15, -0.1) is 0 Å². The van der Waals surface area contributed by atoms with Crippen molar-refractivity contribution in [1.29, 1.82) is 0 Å². The summed E-state index contributed by atoms with van der Waals surface area (Å²) in [6.45, 7) is 0.840. The van der Waals surface area contributed by atoms with Crippen molar-refractivity contribution >= 4 is 11.9 Å². The number of carbonyl (C=O) groups excluding carboxylic acids is 1. The minimum atomic E-state index is -0.900. The van der Waals surface area contributed by atoms with Gasteiger partial charge in [-0.25, -0.2) is 0 Å². The summed E-state index contributed by atoms with van der Waals surface area (Å²) in [5.74, 6) is -0.120. The molecule has 1 saturated carbocycles. The van der Waals surface area contributed by atoms with E-state index in [1.807, 2.05) is 0 Å². The monoisotopic (exact) mass is 307 g/mol. The zero-order chi connectivity index (χ0) is 15.5. The molecule has 118 valence electrons. The van der Waals surface area contributed by atoms with Crippen LogP contribution in [-0.4, -0.2) is 36.9 Å². The van der Waals surface area contributed by atoms with Crippen molar-refractivity contribution in [2.24, 2.45) is 11.8 Å². The van der Waals surface area contributed by atoms with Crippen LogP contribution in [0.4, 0.5) is 0 Å². The number of amides is 1. The highest BCUT2D eigenvalue weighted by molar-refractivity contribution is 5.86. The highest BCUT2D eigenvalue weighted by atomic mass is 16.7. The van der Waals surface area contributed by atoms with Crippen molar-refractivity contribution in [3.63, 3.8) is 0 Å². The Morgan fingerprint density at radius 2 is 2.00 bits per heavy atom. The minimum Gasteiger partial charge on any atom is -0.492 e. The van der Waals surface area contributed by atoms with Crippen LogP contribution in [0.1, 0.15) is 12.8 Å². The molecule has 7 nitrogen and oxygen atoms in total. The normalized spacial score (nSPS) is 21.8. The lowest BCUT2D eigenvalue weighted by Crippen LogP contribution is -2.44. The molecule has 1 aliphatic heterocycles. The Morgan fingerprint density at radius 1 is 1.23 bits per heavy atom. The van der Waals surface area contributed by atoms with Gasteiger partial charge in [0.15, 0.2) is 11.5 Å². The maximum Gasteiger partial charge on any atom is 0.307 e. The summed E-state index contributed by atoms with van der Waals surface area (Å²) in [5.41, 5.74) is 0. The Bertz CT molecular complexity index is 587. The zero-order valence-corrected chi connectivity index (χ0v) is 11.9. The fourth-order valence-corrected chi connectivity index (χ4v) is 2.55. The summed E-state index contributed by atoms with van der Waals surface area (Å²) in [6.07, 6.45) is 1.20. The summed E-state index contributed by atoms with van der Waals surface area (Å²) >= 11 is 0. The smallest absolute Gasteiger partial charge is 0.307 e. The van der Waals surface area contributed by atoms with Crippen LogP contribution >= 0.6 is 0 Å². The maximum absolute atomic E-state index is 11.8. The predicted molar refractivity (Wildman–Crippen MR) is 74.9 cm³/mol. The van der Waals surface area contributed by atoms with E-state index < -0.39 is 17.8 Å². The van der Waals surface area contributed by atoms with Crippen LogP contribution in [0.25, 0.3) is 0 Å². The molecule has 0 saturated heterocycles. The molecular formula is C15H17NO6. The molecule has 1 aromatic carbocycles. The number of hydrogen-bond acceptors (Lipinski definition) is 5. The average Bonchev–Trinajstić information content (AvgIpc) is 2.89. The van der Waals surface area contributed by atoms with Gasteiger partial charge in [0, 0.05) is 6.07 Å². The van der Waals surface area contributed by atoms with E-state index in [9.17, 15) is 9.59 Å². The number of hydrogen-bond donors (Lipinski definition) is 2. The Balaban J connectivity index is 1.40. The molecule has 3 rings (SSSR count). The number of aliphatic carboxylic acids is 1. The third-order valence-corrected chi connectivity index (χ3v) is 3.94. The number of rotatable bonds is 6. The first-order chi connectivity index (χ1) is 10.6. The average molecular weight is 307 g/mol. The topological polar surface area (TPSA) is 94.1 Å². The van der Waals surface area contributed by atoms with E-state index in [-0.39, 0.29) is 12.7 Å². The van der Waals surface area contributed by atoms with E-state index in [2.05, 4.69) is 5.32 Å². The van der Waals surface area contributed by atoms with Crippen molar-refractivity contribution in [3.05, 3.63) is 18.2 Å². The van der Waals surface area contributed by atoms with Gasteiger partial charge < -0.3 is 24.6 Å². The number of carboxylic acids is 1. The molecule has 0 spiro atoms. The van der Waals surface area contributed by atoms with E-state index in [1.165, 1.54) is 0 Å². The quantitative estimate of drug-likeness (QED) is 0.762. The molecule has 0 bridgehead atoms. The van der Waals surface area contributed by atoms with Crippen LogP contribution in [0.5, 0.6) is 17.2 Å². The Morgan fingerprint density at radius 3 is 2.73 bits per heavy atom. The van der Waals surface area contributed by atoms with Crippen LogP contribution in [-0.2, 0) is 9.59 Å². The third-order valence-electron chi connectivity index (χ3n) is 3.94. The molecule has 2 N–H and O–H groups in total. The third kappa shape index (κ3) is 2.93. The van der Waals surface area contributed by atoms with Gasteiger partial charge in [0.05, 0.1) is 18.4 Å². The van der Waals surface area contributed by atoms with E-state index in [4.69, 9.17) is 19.3 Å². The molecule has 1 fully saturated rings. The number of ether oxygens (including phenoxy) is 3. The Hall–Kier alpha value is -2.44. The number of fused-ring (bicyclic) bond motifs is 1. The zero-order valence-electron chi connectivity index (χ0n) is 11.9. The van der Waals surface area contributed by atoms with Crippen molar-refractivity contribution < 1.29 is 28.9 Å². The van der Waals surface area contributed by atoms with E-state index in [0.717, 1.165) is 0 Å². The molecule has 22 heavy (non-hydrogen) atoms. The number of benzene rings is 1. The molecule has 1 amide bonds. The number of carbonyl (C=O) groups is 2. The van der Waals surface area contributed by atoms with Crippen LogP contribution in [0.3, 0.4) is 0 Å². The SMILES string of the molecule is O=C(O)C1CCC1C(=O)NCCOc1ccc2c(c1)OCO2. The summed E-state index contributed by atoms with van der Waals surface area (Å²) in [6, 6.07) is 5.26. The molecule has 2 atom stereocenters. The first-order valence-electron chi connectivity index (χ1n) is 7.18. The second kappa shape index (κ2) is 6.13. The lowest BCUT2D eigenvalue weighted by molar-refractivity contribution is -0.152. The van der Waals surface area contributed by atoms with Crippen molar-refractivity contribution in [1.82, 2.24) is 5.32 Å². The van der Waals surface area contributed by atoms with E-state index in [0.29, 0.717) is 43.2 Å². The molecule has 1 aromatic rings. The Kier molecular flexibility index (Phi) is 4.04. The Labute approximate surface area is 127 Å². The van der Waals surface area contributed by atoms with Gasteiger partial charge in [-0.3, -0.25) is 9.59 Å². The van der Waals surface area contributed by atoms with Gasteiger partial charge in [-0.2, -0.15) is 0 Å². The fraction of sp³-hybridized carbons (Fsp3) is 0.467. The molecule has 1 aliphatic carbocycles. The molecule has 2 aliphatic rings. The molecule has 2 unspecified atom stereocenters. The van der Waals surface area contributed by atoms with Crippen molar-refractivity contribution in [2.75, 3.05) is 19.9 Å². The van der Waals surface area contributed by atoms with Gasteiger partial charge >= 0.3 is 5.97 Å². The maximum atomic E-state index is 11.8. The molecule has 1 heterocycles. The number of carboxylic acid groups (broad SMARTS) is 1. The summed E-state index contributed by atoms with van der Waals surface area (Å²) < 4.78 is 16.0. The van der Waals surface area contributed by atoms with E-state index >= 15 is 0 Å². The van der Waals surface area contributed by atoms with Gasteiger partial charge in [0.2, 0.25) is 12.7 Å². The first-order valence-corrected chi connectivity index (χ1v) is 7.18. The predicted octanol–water partition coefficient (Wildman–Crippen LogP) is 1.02. The van der Waals surface area contributed by atoms with Crippen LogP contribution in [0.2, 0.25) is 0 Å².